The summed E-state index contributed by atoms with van der Waals surface area (Å²) in [5.41, 5.74) is 1.77. The van der Waals surface area contributed by atoms with Gasteiger partial charge in [-0.15, -0.1) is 0 Å². The van der Waals surface area contributed by atoms with Crippen molar-refractivity contribution in [3.8, 4) is 0 Å². The molecule has 2 heterocycles. The fraction of sp³-hybridized carbons (Fsp3) is 0.227. The second kappa shape index (κ2) is 7.95. The van der Waals surface area contributed by atoms with Gasteiger partial charge >= 0.3 is 0 Å². The van der Waals surface area contributed by atoms with Gasteiger partial charge in [-0.2, -0.15) is 5.10 Å². The van der Waals surface area contributed by atoms with Gasteiger partial charge in [0.15, 0.2) is 4.75 Å². The van der Waals surface area contributed by atoms with Crippen LogP contribution in [0.2, 0.25) is 0 Å². The highest BCUT2D eigenvalue weighted by Gasteiger charge is 2.49. The lowest BCUT2D eigenvalue weighted by molar-refractivity contribution is -0.128. The summed E-state index contributed by atoms with van der Waals surface area (Å²) in [4.78, 5) is 28.8. The van der Waals surface area contributed by atoms with Crippen LogP contribution in [0.4, 0.5) is 15.8 Å². The molecule has 1 unspecified atom stereocenters. The normalized spacial score (nSPS) is 18.2. The molecule has 0 saturated carbocycles. The molecule has 0 aliphatic carbocycles. The number of carbonyl (C=O) groups excluding carboxylic acids is 2. The van der Waals surface area contributed by atoms with Crippen LogP contribution in [0.5, 0.6) is 0 Å². The first kappa shape index (κ1) is 20.2. The highest BCUT2D eigenvalue weighted by molar-refractivity contribution is 8.02. The van der Waals surface area contributed by atoms with E-state index in [1.807, 2.05) is 31.2 Å². The molecule has 0 saturated heterocycles. The van der Waals surface area contributed by atoms with Gasteiger partial charge in [-0.25, -0.2) is 4.39 Å². The quantitative estimate of drug-likeness (QED) is 0.631. The van der Waals surface area contributed by atoms with Crippen molar-refractivity contribution >= 4 is 35.0 Å². The number of halogens is 1. The van der Waals surface area contributed by atoms with Crippen molar-refractivity contribution < 1.29 is 14.0 Å². The lowest BCUT2D eigenvalue weighted by Gasteiger charge is -2.38. The number of benzene rings is 2. The Bertz CT molecular complexity index is 1120. The molecule has 154 valence electrons. The van der Waals surface area contributed by atoms with Crippen LogP contribution in [-0.2, 0) is 16.1 Å². The molecule has 0 bridgehead atoms. The maximum atomic E-state index is 13.9. The summed E-state index contributed by atoms with van der Waals surface area (Å²) in [6.07, 6.45) is 3.11. The van der Waals surface area contributed by atoms with Crippen LogP contribution in [-0.4, -0.2) is 32.9 Å². The Balaban J connectivity index is 1.53. The van der Waals surface area contributed by atoms with Gasteiger partial charge in [-0.3, -0.25) is 14.3 Å². The number of amides is 2. The zero-order valence-corrected chi connectivity index (χ0v) is 17.4. The van der Waals surface area contributed by atoms with Gasteiger partial charge in [0.2, 0.25) is 5.91 Å². The molecule has 2 aromatic carbocycles. The monoisotopic (exact) mass is 424 g/mol. The molecule has 1 aliphatic heterocycles. The first-order chi connectivity index (χ1) is 14.4. The first-order valence-electron chi connectivity index (χ1n) is 9.59. The van der Waals surface area contributed by atoms with Crippen molar-refractivity contribution in [2.75, 3.05) is 16.8 Å². The second-order valence-corrected chi connectivity index (χ2v) is 8.59. The molecule has 1 N–H and O–H groups in total. The van der Waals surface area contributed by atoms with Crippen LogP contribution in [0, 0.1) is 5.82 Å². The molecule has 6 nitrogen and oxygen atoms in total. The highest BCUT2D eigenvalue weighted by atomic mass is 32.2. The summed E-state index contributed by atoms with van der Waals surface area (Å²) in [6.45, 7) is 4.23. The number of aromatic nitrogens is 2. The van der Waals surface area contributed by atoms with Crippen molar-refractivity contribution in [1.82, 2.24) is 9.78 Å². The summed E-state index contributed by atoms with van der Waals surface area (Å²) in [7, 11) is 0. The van der Waals surface area contributed by atoms with Crippen LogP contribution in [0.1, 0.15) is 19.4 Å². The van der Waals surface area contributed by atoms with E-state index in [1.54, 1.807) is 40.9 Å². The van der Waals surface area contributed by atoms with Crippen molar-refractivity contribution in [3.63, 3.8) is 0 Å². The molecule has 1 aromatic heterocycles. The van der Waals surface area contributed by atoms with Crippen LogP contribution >= 0.6 is 11.8 Å². The Morgan fingerprint density at radius 2 is 1.93 bits per heavy atom. The molecule has 8 heteroatoms. The number of carbonyl (C=O) groups is 2. The van der Waals surface area contributed by atoms with Crippen molar-refractivity contribution in [3.05, 3.63) is 72.3 Å². The Morgan fingerprint density at radius 3 is 2.70 bits per heavy atom. The van der Waals surface area contributed by atoms with Gasteiger partial charge in [0, 0.05) is 23.2 Å². The summed E-state index contributed by atoms with van der Waals surface area (Å²) in [5, 5.41) is 6.99. The van der Waals surface area contributed by atoms with E-state index in [2.05, 4.69) is 10.4 Å². The van der Waals surface area contributed by atoms with Crippen LogP contribution in [0.15, 0.2) is 65.8 Å². The fourth-order valence-electron chi connectivity index (χ4n) is 3.42. The SMILES string of the molecule is CCN1C(=O)C(C)(C(=O)Nc2cnn(Cc3ccccc3F)c2)Sc2ccccc21. The summed E-state index contributed by atoms with van der Waals surface area (Å²) >= 11 is 1.25. The average Bonchev–Trinajstić information content (AvgIpc) is 3.17. The van der Waals surface area contributed by atoms with E-state index < -0.39 is 10.7 Å². The molecule has 4 rings (SSSR count). The highest BCUT2D eigenvalue weighted by Crippen LogP contribution is 2.45. The Hall–Kier alpha value is -3.13. The standard InChI is InChI=1S/C22H21FN4O2S/c1-3-27-18-10-6-7-11-19(18)30-22(2,21(27)29)20(28)25-16-12-24-26(14-16)13-15-8-4-5-9-17(15)23/h4-12,14H,3,13H2,1-2H3,(H,25,28). The van der Waals surface area contributed by atoms with Gasteiger partial charge in [-0.05, 0) is 32.0 Å². The molecular formula is C22H21FN4O2S. The lowest BCUT2D eigenvalue weighted by Crippen LogP contribution is -2.54. The molecular weight excluding hydrogens is 403 g/mol. The lowest BCUT2D eigenvalue weighted by atomic mass is 10.1. The van der Waals surface area contributed by atoms with E-state index in [1.165, 1.54) is 24.0 Å². The number of fused-ring (bicyclic) bond motifs is 1. The molecule has 0 spiro atoms. The van der Waals surface area contributed by atoms with Gasteiger partial charge < -0.3 is 10.2 Å². The van der Waals surface area contributed by atoms with E-state index in [9.17, 15) is 14.0 Å². The zero-order chi connectivity index (χ0) is 21.3. The second-order valence-electron chi connectivity index (χ2n) is 7.12. The minimum absolute atomic E-state index is 0.241. The number of nitrogens with one attached hydrogen (secondary N) is 1. The molecule has 30 heavy (non-hydrogen) atoms. The van der Waals surface area contributed by atoms with Gasteiger partial charge in [-0.1, -0.05) is 42.1 Å². The number of hydrogen-bond acceptors (Lipinski definition) is 4. The summed E-state index contributed by atoms with van der Waals surface area (Å²) in [6, 6.07) is 14.0. The third-order valence-electron chi connectivity index (χ3n) is 5.05. The van der Waals surface area contributed by atoms with E-state index in [-0.39, 0.29) is 18.3 Å². The van der Waals surface area contributed by atoms with Crippen LogP contribution < -0.4 is 10.2 Å². The maximum absolute atomic E-state index is 13.9. The molecule has 1 atom stereocenters. The van der Waals surface area contributed by atoms with Crippen molar-refractivity contribution in [2.45, 2.75) is 30.0 Å². The Labute approximate surface area is 178 Å². The first-order valence-corrected chi connectivity index (χ1v) is 10.4. The smallest absolute Gasteiger partial charge is 0.252 e. The van der Waals surface area contributed by atoms with Crippen LogP contribution in [0.3, 0.4) is 0 Å². The van der Waals surface area contributed by atoms with Crippen molar-refractivity contribution in [1.29, 1.82) is 0 Å². The minimum atomic E-state index is -1.31. The summed E-state index contributed by atoms with van der Waals surface area (Å²) in [5.74, 6) is -0.991. The molecule has 0 fully saturated rings. The van der Waals surface area contributed by atoms with E-state index in [0.717, 1.165) is 10.6 Å². The summed E-state index contributed by atoms with van der Waals surface area (Å²) < 4.78 is 14.1. The topological polar surface area (TPSA) is 67.2 Å². The largest absolute Gasteiger partial charge is 0.322 e. The maximum Gasteiger partial charge on any atom is 0.252 e. The number of hydrogen-bond donors (Lipinski definition) is 1. The van der Waals surface area contributed by atoms with E-state index >= 15 is 0 Å². The van der Waals surface area contributed by atoms with Gasteiger partial charge in [0.05, 0.1) is 24.1 Å². The van der Waals surface area contributed by atoms with Gasteiger partial charge in [0.25, 0.3) is 5.91 Å². The molecule has 2 amide bonds. The van der Waals surface area contributed by atoms with Gasteiger partial charge in [0.1, 0.15) is 5.82 Å². The third-order valence-corrected chi connectivity index (χ3v) is 6.39. The van der Waals surface area contributed by atoms with E-state index in [0.29, 0.717) is 17.8 Å². The Kier molecular flexibility index (Phi) is 5.34. The molecule has 1 aliphatic rings. The minimum Gasteiger partial charge on any atom is -0.322 e. The zero-order valence-electron chi connectivity index (χ0n) is 16.6. The molecule has 3 aromatic rings. The van der Waals surface area contributed by atoms with E-state index in [4.69, 9.17) is 0 Å². The number of anilines is 2. The average molecular weight is 425 g/mol. The number of thioether (sulfide) groups is 1. The fourth-order valence-corrected chi connectivity index (χ4v) is 4.63. The molecule has 0 radical (unpaired) electrons. The number of para-hydroxylation sites is 1. The number of nitrogens with zero attached hydrogens (tertiary/aromatic N) is 3. The predicted octanol–water partition coefficient (Wildman–Crippen LogP) is 3.93. The van der Waals surface area contributed by atoms with Crippen LogP contribution in [0.25, 0.3) is 0 Å². The third kappa shape index (κ3) is 3.59. The number of rotatable bonds is 5. The predicted molar refractivity (Wildman–Crippen MR) is 115 cm³/mol. The Morgan fingerprint density at radius 1 is 1.20 bits per heavy atom. The van der Waals surface area contributed by atoms with Crippen molar-refractivity contribution in [2.24, 2.45) is 0 Å².